The summed E-state index contributed by atoms with van der Waals surface area (Å²) in [6, 6.07) is 0. The van der Waals surface area contributed by atoms with Gasteiger partial charge in [-0.15, -0.1) is 0 Å². The van der Waals surface area contributed by atoms with Crippen molar-refractivity contribution in [1.82, 2.24) is 9.55 Å². The van der Waals surface area contributed by atoms with Gasteiger partial charge in [0.05, 0.1) is 0 Å². The van der Waals surface area contributed by atoms with Crippen molar-refractivity contribution < 1.29 is 4.74 Å². The summed E-state index contributed by atoms with van der Waals surface area (Å²) < 4.78 is 7.04. The molecule has 0 radical (unpaired) electrons. The van der Waals surface area contributed by atoms with E-state index in [-0.39, 0.29) is 5.69 Å². The number of hydrogen-bond acceptors (Lipinski definition) is 2. The molecule has 0 unspecified atom stereocenters. The molecule has 14 heavy (non-hydrogen) atoms. The van der Waals surface area contributed by atoms with Gasteiger partial charge >= 0.3 is 5.69 Å². The second-order valence-corrected chi connectivity index (χ2v) is 3.28. The van der Waals surface area contributed by atoms with Crippen LogP contribution in [0.15, 0.2) is 17.2 Å². The number of imidazole rings is 1. The molecule has 0 amide bonds. The van der Waals surface area contributed by atoms with Crippen LogP contribution in [0.25, 0.3) is 0 Å². The highest BCUT2D eigenvalue weighted by Crippen LogP contribution is 1.91. The number of nitrogens with one attached hydrogen (secondary N) is 1. The third-order valence-electron chi connectivity index (χ3n) is 2.05. The lowest BCUT2D eigenvalue weighted by Gasteiger charge is -2.03. The van der Waals surface area contributed by atoms with Crippen LogP contribution < -0.4 is 5.69 Å². The number of aryl methyl sites for hydroxylation is 1. The lowest BCUT2D eigenvalue weighted by molar-refractivity contribution is 0.126. The van der Waals surface area contributed by atoms with Crippen molar-refractivity contribution in [3.63, 3.8) is 0 Å². The fourth-order valence-electron chi connectivity index (χ4n) is 1.21. The van der Waals surface area contributed by atoms with Crippen molar-refractivity contribution in [3.05, 3.63) is 22.9 Å². The monoisotopic (exact) mass is 198 g/mol. The fraction of sp³-hybridized carbons (Fsp3) is 0.700. The summed E-state index contributed by atoms with van der Waals surface area (Å²) in [4.78, 5) is 13.6. The predicted molar refractivity (Wildman–Crippen MR) is 55.4 cm³/mol. The molecule has 1 N–H and O–H groups in total. The van der Waals surface area contributed by atoms with Gasteiger partial charge in [0.15, 0.2) is 0 Å². The fourth-order valence-corrected chi connectivity index (χ4v) is 1.21. The second kappa shape index (κ2) is 6.43. The van der Waals surface area contributed by atoms with E-state index in [1.165, 1.54) is 0 Å². The van der Waals surface area contributed by atoms with E-state index >= 15 is 0 Å². The Morgan fingerprint density at radius 2 is 2.21 bits per heavy atom. The molecule has 1 aromatic heterocycles. The molecule has 0 atom stereocenters. The minimum atomic E-state index is -0.0430. The number of aromatic amines is 1. The summed E-state index contributed by atoms with van der Waals surface area (Å²) >= 11 is 0. The summed E-state index contributed by atoms with van der Waals surface area (Å²) in [5, 5.41) is 0. The summed E-state index contributed by atoms with van der Waals surface area (Å²) in [5.41, 5.74) is -0.0430. The maximum absolute atomic E-state index is 11.1. The quantitative estimate of drug-likeness (QED) is 0.673. The minimum absolute atomic E-state index is 0.0430. The largest absolute Gasteiger partial charge is 0.381 e. The van der Waals surface area contributed by atoms with Crippen LogP contribution in [0.1, 0.15) is 26.2 Å². The third-order valence-corrected chi connectivity index (χ3v) is 2.05. The summed E-state index contributed by atoms with van der Waals surface area (Å²) in [7, 11) is 0. The number of rotatable bonds is 7. The number of ether oxygens (including phenoxy) is 1. The normalized spacial score (nSPS) is 10.6. The molecular weight excluding hydrogens is 180 g/mol. The Morgan fingerprint density at radius 1 is 1.43 bits per heavy atom. The highest BCUT2D eigenvalue weighted by molar-refractivity contribution is 4.75. The number of hydrogen-bond donors (Lipinski definition) is 1. The van der Waals surface area contributed by atoms with Gasteiger partial charge in [0, 0.05) is 32.2 Å². The number of aromatic nitrogens is 2. The van der Waals surface area contributed by atoms with Crippen LogP contribution in [0, 0.1) is 0 Å². The average Bonchev–Trinajstić information content (AvgIpc) is 2.58. The Labute approximate surface area is 83.9 Å². The van der Waals surface area contributed by atoms with Gasteiger partial charge in [-0.25, -0.2) is 4.79 Å². The molecule has 4 heteroatoms. The van der Waals surface area contributed by atoms with E-state index in [2.05, 4.69) is 11.9 Å². The van der Waals surface area contributed by atoms with Gasteiger partial charge < -0.3 is 9.72 Å². The van der Waals surface area contributed by atoms with Gasteiger partial charge in [-0.3, -0.25) is 4.57 Å². The molecule has 1 aromatic rings. The molecule has 0 saturated heterocycles. The first-order chi connectivity index (χ1) is 6.84. The molecule has 1 heterocycles. The molecule has 0 aliphatic rings. The molecule has 0 bridgehead atoms. The summed E-state index contributed by atoms with van der Waals surface area (Å²) in [6.07, 6.45) is 6.58. The van der Waals surface area contributed by atoms with Crippen LogP contribution in [-0.4, -0.2) is 22.8 Å². The highest BCUT2D eigenvalue weighted by Gasteiger charge is 1.94. The Hall–Kier alpha value is -1.03. The minimum Gasteiger partial charge on any atom is -0.381 e. The first-order valence-corrected chi connectivity index (χ1v) is 5.16. The van der Waals surface area contributed by atoms with Gasteiger partial charge in [-0.05, 0) is 12.8 Å². The Bertz CT molecular complexity index is 290. The standard InChI is InChI=1S/C10H18N2O2/c1-2-3-8-14-9-4-6-12-7-5-11-10(12)13/h5,7H,2-4,6,8-9H2,1H3,(H,11,13). The van der Waals surface area contributed by atoms with E-state index in [0.717, 1.165) is 39.0 Å². The van der Waals surface area contributed by atoms with Crippen molar-refractivity contribution in [2.45, 2.75) is 32.7 Å². The van der Waals surface area contributed by atoms with E-state index in [1.807, 2.05) is 0 Å². The van der Waals surface area contributed by atoms with Crippen LogP contribution in [0.2, 0.25) is 0 Å². The molecule has 0 aliphatic heterocycles. The molecule has 0 aliphatic carbocycles. The second-order valence-electron chi connectivity index (χ2n) is 3.28. The molecule has 1 rings (SSSR count). The van der Waals surface area contributed by atoms with E-state index in [4.69, 9.17) is 4.74 Å². The summed E-state index contributed by atoms with van der Waals surface area (Å²) in [5.74, 6) is 0. The smallest absolute Gasteiger partial charge is 0.325 e. The number of unbranched alkanes of at least 4 members (excludes halogenated alkanes) is 1. The molecular formula is C10H18N2O2. The Balaban J connectivity index is 2.05. The zero-order chi connectivity index (χ0) is 10.2. The zero-order valence-corrected chi connectivity index (χ0v) is 8.66. The Kier molecular flexibility index (Phi) is 5.07. The SMILES string of the molecule is CCCCOCCCn1cc[nH]c1=O. The Morgan fingerprint density at radius 3 is 2.86 bits per heavy atom. The third kappa shape index (κ3) is 3.79. The van der Waals surface area contributed by atoms with Gasteiger partial charge in [-0.2, -0.15) is 0 Å². The van der Waals surface area contributed by atoms with E-state index in [0.29, 0.717) is 0 Å². The first kappa shape index (κ1) is 11.0. The maximum atomic E-state index is 11.1. The lowest BCUT2D eigenvalue weighted by Crippen LogP contribution is -2.17. The van der Waals surface area contributed by atoms with Crippen LogP contribution >= 0.6 is 0 Å². The van der Waals surface area contributed by atoms with Crippen molar-refractivity contribution in [2.24, 2.45) is 0 Å². The zero-order valence-electron chi connectivity index (χ0n) is 8.66. The van der Waals surface area contributed by atoms with E-state index in [9.17, 15) is 4.79 Å². The van der Waals surface area contributed by atoms with Crippen LogP contribution in [0.4, 0.5) is 0 Å². The van der Waals surface area contributed by atoms with Gasteiger partial charge in [0.2, 0.25) is 0 Å². The van der Waals surface area contributed by atoms with Crippen molar-refractivity contribution in [1.29, 1.82) is 0 Å². The van der Waals surface area contributed by atoms with Crippen molar-refractivity contribution in [2.75, 3.05) is 13.2 Å². The van der Waals surface area contributed by atoms with E-state index in [1.54, 1.807) is 17.0 Å². The van der Waals surface area contributed by atoms with E-state index < -0.39 is 0 Å². The molecule has 80 valence electrons. The van der Waals surface area contributed by atoms with Crippen LogP contribution in [0.3, 0.4) is 0 Å². The van der Waals surface area contributed by atoms with Crippen LogP contribution in [-0.2, 0) is 11.3 Å². The summed E-state index contributed by atoms with van der Waals surface area (Å²) in [6.45, 7) is 4.44. The van der Waals surface area contributed by atoms with Crippen LogP contribution in [0.5, 0.6) is 0 Å². The molecule has 0 aromatic carbocycles. The number of H-pyrrole nitrogens is 1. The predicted octanol–water partition coefficient (Wildman–Crippen LogP) is 1.38. The topological polar surface area (TPSA) is 47.0 Å². The molecule has 0 spiro atoms. The highest BCUT2D eigenvalue weighted by atomic mass is 16.5. The maximum Gasteiger partial charge on any atom is 0.325 e. The number of nitrogens with zero attached hydrogens (tertiary/aromatic N) is 1. The lowest BCUT2D eigenvalue weighted by atomic mass is 10.4. The molecule has 4 nitrogen and oxygen atoms in total. The molecule has 0 saturated carbocycles. The van der Waals surface area contributed by atoms with Gasteiger partial charge in [0.1, 0.15) is 0 Å². The van der Waals surface area contributed by atoms with Gasteiger partial charge in [-0.1, -0.05) is 13.3 Å². The van der Waals surface area contributed by atoms with Gasteiger partial charge in [0.25, 0.3) is 0 Å². The first-order valence-electron chi connectivity index (χ1n) is 5.16. The van der Waals surface area contributed by atoms with Crippen molar-refractivity contribution >= 4 is 0 Å². The molecule has 0 fully saturated rings. The average molecular weight is 198 g/mol. The van der Waals surface area contributed by atoms with Crippen molar-refractivity contribution in [3.8, 4) is 0 Å².